The average molecular weight is 534 g/mol. The Balaban J connectivity index is 2.08. The van der Waals surface area contributed by atoms with Crippen LogP contribution in [0.1, 0.15) is 50.8 Å². The minimum absolute atomic E-state index is 0.0250. The molecule has 208 valence electrons. The quantitative estimate of drug-likeness (QED) is 0.390. The number of likely N-dealkylation sites (tertiary alicyclic amines) is 1. The van der Waals surface area contributed by atoms with Gasteiger partial charge in [-0.2, -0.15) is 0 Å². The summed E-state index contributed by atoms with van der Waals surface area (Å²) in [5, 5.41) is 15.0. The molecular weight excluding hydrogens is 497 g/mol. The van der Waals surface area contributed by atoms with Crippen molar-refractivity contribution in [1.29, 1.82) is 0 Å². The van der Waals surface area contributed by atoms with Crippen molar-refractivity contribution in [2.75, 3.05) is 27.7 Å². The molecule has 0 radical (unpaired) electrons. The van der Waals surface area contributed by atoms with Gasteiger partial charge in [0.2, 0.25) is 0 Å². The van der Waals surface area contributed by atoms with E-state index in [0.29, 0.717) is 13.0 Å². The molecule has 2 heterocycles. The van der Waals surface area contributed by atoms with E-state index in [0.717, 1.165) is 17.1 Å². The minimum atomic E-state index is -1.32. The first-order valence-electron chi connectivity index (χ1n) is 12.5. The highest BCUT2D eigenvalue weighted by molar-refractivity contribution is 5.97. The Hall–Kier alpha value is -3.67. The second kappa shape index (κ2) is 12.2. The molecule has 1 aliphatic heterocycles. The van der Waals surface area contributed by atoms with Gasteiger partial charge in [0.25, 0.3) is 5.56 Å². The highest BCUT2D eigenvalue weighted by Crippen LogP contribution is 2.27. The summed E-state index contributed by atoms with van der Waals surface area (Å²) in [5.41, 5.74) is -0.744. The number of aromatic nitrogens is 2. The molecule has 2 aromatic rings. The molecule has 1 saturated heterocycles. The Labute approximate surface area is 220 Å². The number of ether oxygens (including phenoxy) is 1. The number of halogens is 1. The third-order valence-electron chi connectivity index (χ3n) is 6.35. The van der Waals surface area contributed by atoms with Crippen molar-refractivity contribution in [2.24, 2.45) is 5.16 Å². The van der Waals surface area contributed by atoms with Gasteiger partial charge in [0.05, 0.1) is 37.5 Å². The minimum Gasteiger partial charge on any atom is -0.496 e. The fraction of sp³-hybridized carbons (Fsp3) is 0.538. The number of benzene rings is 1. The summed E-state index contributed by atoms with van der Waals surface area (Å²) in [4.78, 5) is 48.1. The molecule has 1 aromatic carbocycles. The summed E-state index contributed by atoms with van der Waals surface area (Å²) in [5.74, 6) is -0.314. The number of carbonyl (C=O) groups excluding carboxylic acids is 1. The number of hydrogen-bond acceptors (Lipinski definition) is 7. The Kier molecular flexibility index (Phi) is 9.31. The lowest BCUT2D eigenvalue weighted by Crippen LogP contribution is -2.49. The number of aliphatic hydroxyl groups is 1. The van der Waals surface area contributed by atoms with E-state index < -0.39 is 23.2 Å². The zero-order valence-electron chi connectivity index (χ0n) is 22.7. The van der Waals surface area contributed by atoms with Crippen LogP contribution in [0.25, 0.3) is 0 Å². The van der Waals surface area contributed by atoms with Crippen molar-refractivity contribution in [2.45, 2.75) is 65.0 Å². The van der Waals surface area contributed by atoms with Crippen LogP contribution in [0.3, 0.4) is 0 Å². The first-order chi connectivity index (χ1) is 17.9. The lowest BCUT2D eigenvalue weighted by atomic mass is 10.1. The van der Waals surface area contributed by atoms with Gasteiger partial charge in [-0.15, -0.1) is 0 Å². The number of urea groups is 1. The van der Waals surface area contributed by atoms with E-state index in [-0.39, 0.29) is 53.9 Å². The third kappa shape index (κ3) is 6.42. The highest BCUT2D eigenvalue weighted by Gasteiger charge is 2.31. The van der Waals surface area contributed by atoms with E-state index >= 15 is 0 Å². The van der Waals surface area contributed by atoms with Crippen LogP contribution in [0.5, 0.6) is 5.75 Å². The number of aliphatic hydroxyl groups excluding tert-OH is 1. The molecule has 1 aromatic heterocycles. The summed E-state index contributed by atoms with van der Waals surface area (Å²) in [6, 6.07) is 3.17. The van der Waals surface area contributed by atoms with Crippen molar-refractivity contribution in [1.82, 2.24) is 18.9 Å². The predicted octanol–water partition coefficient (Wildman–Crippen LogP) is 2.19. The molecule has 0 saturated carbocycles. The van der Waals surface area contributed by atoms with E-state index in [9.17, 15) is 23.9 Å². The van der Waals surface area contributed by atoms with Gasteiger partial charge in [-0.3, -0.25) is 13.9 Å². The number of methoxy groups -OCH3 is 1. The molecule has 1 N–H and O–H groups in total. The van der Waals surface area contributed by atoms with Crippen LogP contribution < -0.4 is 16.0 Å². The Bertz CT molecular complexity index is 1300. The van der Waals surface area contributed by atoms with Gasteiger partial charge < -0.3 is 24.5 Å². The van der Waals surface area contributed by atoms with Crippen LogP contribution >= 0.6 is 0 Å². The molecule has 0 spiro atoms. The summed E-state index contributed by atoms with van der Waals surface area (Å²) in [6.07, 6.45) is 1.13. The lowest BCUT2D eigenvalue weighted by Gasteiger charge is -2.28. The molecule has 11 nitrogen and oxygen atoms in total. The number of rotatable bonds is 9. The van der Waals surface area contributed by atoms with Crippen molar-refractivity contribution in [3.8, 4) is 5.75 Å². The van der Waals surface area contributed by atoms with Crippen LogP contribution in [0.2, 0.25) is 0 Å². The number of amides is 2. The van der Waals surface area contributed by atoms with Gasteiger partial charge in [0.15, 0.2) is 0 Å². The van der Waals surface area contributed by atoms with Gasteiger partial charge in [0.1, 0.15) is 23.8 Å². The van der Waals surface area contributed by atoms with E-state index in [1.54, 1.807) is 39.8 Å². The molecule has 3 rings (SSSR count). The molecule has 2 amide bonds. The largest absolute Gasteiger partial charge is 0.496 e. The van der Waals surface area contributed by atoms with Gasteiger partial charge in [-0.05, 0) is 51.8 Å². The normalized spacial score (nSPS) is 16.6. The van der Waals surface area contributed by atoms with E-state index in [1.807, 2.05) is 0 Å². The van der Waals surface area contributed by atoms with Crippen LogP contribution in [-0.2, 0) is 17.9 Å². The molecule has 1 fully saturated rings. The molecular formula is C26H36FN5O6. The van der Waals surface area contributed by atoms with Crippen LogP contribution in [0, 0.1) is 5.82 Å². The molecule has 1 unspecified atom stereocenters. The molecule has 12 heteroatoms. The summed E-state index contributed by atoms with van der Waals surface area (Å²) in [6.45, 7) is 5.37. The van der Waals surface area contributed by atoms with E-state index in [4.69, 9.17) is 9.57 Å². The monoisotopic (exact) mass is 533 g/mol. The zero-order chi connectivity index (χ0) is 28.1. The summed E-state index contributed by atoms with van der Waals surface area (Å²) in [7, 11) is 4.69. The van der Waals surface area contributed by atoms with Crippen molar-refractivity contribution in [3.05, 3.63) is 62.2 Å². The fourth-order valence-corrected chi connectivity index (χ4v) is 4.42. The van der Waals surface area contributed by atoms with Crippen LogP contribution in [-0.4, -0.2) is 75.7 Å². The van der Waals surface area contributed by atoms with Gasteiger partial charge in [0, 0.05) is 32.4 Å². The van der Waals surface area contributed by atoms with E-state index in [1.165, 1.54) is 34.9 Å². The number of hydrogen-bond donors (Lipinski definition) is 1. The number of nitrogens with zero attached hydrogens (tertiary/aromatic N) is 5. The predicted molar refractivity (Wildman–Crippen MR) is 140 cm³/mol. The lowest BCUT2D eigenvalue weighted by molar-refractivity contribution is 0.0859. The number of carbonyl (C=O) groups is 1. The topological polar surface area (TPSA) is 119 Å². The summed E-state index contributed by atoms with van der Waals surface area (Å²) >= 11 is 0. The average Bonchev–Trinajstić information content (AvgIpc) is 3.34. The fourth-order valence-electron chi connectivity index (χ4n) is 4.42. The van der Waals surface area contributed by atoms with Crippen molar-refractivity contribution < 1.29 is 23.9 Å². The van der Waals surface area contributed by atoms with Gasteiger partial charge in [-0.25, -0.2) is 14.0 Å². The summed E-state index contributed by atoms with van der Waals surface area (Å²) < 4.78 is 21.4. The SMILES string of the molecule is COc1ccc(F)cc1C(O)Cn1cc(/C(C)=N/OC(C)C)c(=O)n(C[C@@H]2CCCN2C(=O)N(C)C)c1=O. The first-order valence-corrected chi connectivity index (χ1v) is 12.5. The Morgan fingerprint density at radius 1 is 1.29 bits per heavy atom. The molecule has 1 aliphatic rings. The maximum absolute atomic E-state index is 13.9. The smallest absolute Gasteiger partial charge is 0.331 e. The maximum Gasteiger partial charge on any atom is 0.331 e. The third-order valence-corrected chi connectivity index (χ3v) is 6.35. The Morgan fingerprint density at radius 3 is 2.63 bits per heavy atom. The van der Waals surface area contributed by atoms with Crippen molar-refractivity contribution >= 4 is 11.7 Å². The van der Waals surface area contributed by atoms with Crippen LogP contribution in [0.15, 0.2) is 39.1 Å². The first kappa shape index (κ1) is 28.9. The second-order valence-corrected chi connectivity index (χ2v) is 9.79. The van der Waals surface area contributed by atoms with Gasteiger partial charge in [-0.1, -0.05) is 5.16 Å². The Morgan fingerprint density at radius 2 is 2.00 bits per heavy atom. The van der Waals surface area contributed by atoms with E-state index in [2.05, 4.69) is 5.16 Å². The number of oxime groups is 1. The second-order valence-electron chi connectivity index (χ2n) is 9.79. The molecule has 0 bridgehead atoms. The molecule has 2 atom stereocenters. The maximum atomic E-state index is 13.9. The molecule has 38 heavy (non-hydrogen) atoms. The van der Waals surface area contributed by atoms with Crippen LogP contribution in [0.4, 0.5) is 9.18 Å². The highest BCUT2D eigenvalue weighted by atomic mass is 19.1. The zero-order valence-corrected chi connectivity index (χ0v) is 22.7. The van der Waals surface area contributed by atoms with Gasteiger partial charge >= 0.3 is 11.7 Å². The standard InChI is InChI=1S/C26H36FN5O6/c1-16(2)38-28-17(3)21-14-30(15-22(33)20-12-18(27)9-10-23(20)37-6)26(36)32(24(21)34)13-19-8-7-11-31(19)25(35)29(4)5/h9-10,12,14,16,19,22,33H,7-8,11,13,15H2,1-6H3/b28-17+/t19-,22?/m0/s1. The molecule has 0 aliphatic carbocycles. The van der Waals surface area contributed by atoms with Crippen molar-refractivity contribution in [3.63, 3.8) is 0 Å².